The summed E-state index contributed by atoms with van der Waals surface area (Å²) in [6.45, 7) is 4.34. The highest BCUT2D eigenvalue weighted by Gasteiger charge is 2.32. The van der Waals surface area contributed by atoms with E-state index in [-0.39, 0.29) is 10.2 Å². The van der Waals surface area contributed by atoms with Crippen molar-refractivity contribution in [1.29, 1.82) is 0 Å². The van der Waals surface area contributed by atoms with Crippen LogP contribution in [0, 0.1) is 5.92 Å². The lowest BCUT2D eigenvalue weighted by molar-refractivity contribution is -0.274. The molecule has 1 aromatic rings. The van der Waals surface area contributed by atoms with E-state index < -0.39 is 6.36 Å². The fraction of sp³-hybridized carbons (Fsp3) is 0.455. The van der Waals surface area contributed by atoms with Crippen molar-refractivity contribution in [2.75, 3.05) is 6.61 Å². The predicted octanol–water partition coefficient (Wildman–Crippen LogP) is 4.38. The molecule has 0 N–H and O–H groups in total. The minimum atomic E-state index is -4.71. The quantitative estimate of drug-likeness (QED) is 0.821. The maximum atomic E-state index is 12.1. The Hall–Kier alpha value is -0.910. The van der Waals surface area contributed by atoms with Gasteiger partial charge >= 0.3 is 6.36 Å². The molecule has 96 valence electrons. The van der Waals surface area contributed by atoms with Gasteiger partial charge in [0.05, 0.1) is 11.1 Å². The largest absolute Gasteiger partial charge is 0.573 e. The molecule has 0 aliphatic rings. The summed E-state index contributed by atoms with van der Waals surface area (Å²) in [6, 6.07) is 4.24. The zero-order valence-corrected chi connectivity index (χ0v) is 10.9. The van der Waals surface area contributed by atoms with Crippen molar-refractivity contribution >= 4 is 15.9 Å². The third-order valence-corrected chi connectivity index (χ3v) is 2.37. The van der Waals surface area contributed by atoms with E-state index in [4.69, 9.17) is 4.74 Å². The molecule has 17 heavy (non-hydrogen) atoms. The Balaban J connectivity index is 2.79. The van der Waals surface area contributed by atoms with Gasteiger partial charge in [-0.05, 0) is 34.0 Å². The Morgan fingerprint density at radius 3 is 2.47 bits per heavy atom. The molecule has 0 bridgehead atoms. The highest BCUT2D eigenvalue weighted by molar-refractivity contribution is 9.10. The van der Waals surface area contributed by atoms with Gasteiger partial charge in [0.25, 0.3) is 0 Å². The summed E-state index contributed by atoms with van der Waals surface area (Å²) in [7, 11) is 0. The maximum Gasteiger partial charge on any atom is 0.573 e. The monoisotopic (exact) mass is 312 g/mol. The summed E-state index contributed by atoms with van der Waals surface area (Å²) in [4.78, 5) is 0. The summed E-state index contributed by atoms with van der Waals surface area (Å²) in [6.07, 6.45) is -4.71. The lowest BCUT2D eigenvalue weighted by atomic mass is 10.2. The average Bonchev–Trinajstić information content (AvgIpc) is 2.17. The average molecular weight is 313 g/mol. The molecular weight excluding hydrogens is 301 g/mol. The Morgan fingerprint density at radius 1 is 1.29 bits per heavy atom. The Kier molecular flexibility index (Phi) is 4.68. The smallest absolute Gasteiger partial charge is 0.493 e. The number of benzene rings is 1. The summed E-state index contributed by atoms with van der Waals surface area (Å²) in [5.74, 6) is 0.338. The Bertz CT molecular complexity index is 377. The lowest BCUT2D eigenvalue weighted by Crippen LogP contribution is -2.17. The van der Waals surface area contributed by atoms with Crippen LogP contribution < -0.4 is 9.47 Å². The number of ether oxygens (including phenoxy) is 2. The van der Waals surface area contributed by atoms with E-state index in [1.165, 1.54) is 12.1 Å². The van der Waals surface area contributed by atoms with E-state index in [0.717, 1.165) is 0 Å². The number of rotatable bonds is 4. The second-order valence-electron chi connectivity index (χ2n) is 3.84. The van der Waals surface area contributed by atoms with E-state index in [1.807, 2.05) is 13.8 Å². The van der Waals surface area contributed by atoms with Crippen LogP contribution in [0.15, 0.2) is 22.7 Å². The van der Waals surface area contributed by atoms with Gasteiger partial charge in [0.15, 0.2) is 0 Å². The predicted molar refractivity (Wildman–Crippen MR) is 61.2 cm³/mol. The normalized spacial score (nSPS) is 11.7. The molecule has 0 unspecified atom stereocenters. The molecule has 2 nitrogen and oxygen atoms in total. The third-order valence-electron chi connectivity index (χ3n) is 1.71. The summed E-state index contributed by atoms with van der Waals surface area (Å²) in [5, 5.41) is 0. The van der Waals surface area contributed by atoms with Crippen LogP contribution >= 0.6 is 15.9 Å². The van der Waals surface area contributed by atoms with Gasteiger partial charge in [-0.15, -0.1) is 13.2 Å². The molecule has 0 atom stereocenters. The highest BCUT2D eigenvalue weighted by Crippen LogP contribution is 2.33. The molecule has 0 aliphatic carbocycles. The fourth-order valence-electron chi connectivity index (χ4n) is 1.04. The topological polar surface area (TPSA) is 18.5 Å². The zero-order chi connectivity index (χ0) is 13.1. The second kappa shape index (κ2) is 5.62. The van der Waals surface area contributed by atoms with Crippen molar-refractivity contribution < 1.29 is 22.6 Å². The van der Waals surface area contributed by atoms with Crippen LogP contribution in [0.1, 0.15) is 13.8 Å². The molecule has 0 amide bonds. The van der Waals surface area contributed by atoms with Gasteiger partial charge in [-0.1, -0.05) is 13.8 Å². The molecule has 0 aromatic heterocycles. The van der Waals surface area contributed by atoms with Crippen molar-refractivity contribution in [2.24, 2.45) is 5.92 Å². The number of hydrogen-bond acceptors (Lipinski definition) is 2. The molecule has 0 fully saturated rings. The van der Waals surface area contributed by atoms with E-state index in [2.05, 4.69) is 20.7 Å². The van der Waals surface area contributed by atoms with Gasteiger partial charge in [-0.3, -0.25) is 0 Å². The first-order chi connectivity index (χ1) is 7.78. The number of hydrogen-bond donors (Lipinski definition) is 0. The molecule has 0 radical (unpaired) electrons. The van der Waals surface area contributed by atoms with Gasteiger partial charge in [-0.2, -0.15) is 0 Å². The van der Waals surface area contributed by atoms with Crippen LogP contribution in [0.5, 0.6) is 11.5 Å². The van der Waals surface area contributed by atoms with E-state index in [1.54, 1.807) is 6.07 Å². The van der Waals surface area contributed by atoms with E-state index in [9.17, 15) is 13.2 Å². The number of halogens is 4. The van der Waals surface area contributed by atoms with Crippen LogP contribution in [0.25, 0.3) is 0 Å². The minimum absolute atomic E-state index is 0.228. The second-order valence-corrected chi connectivity index (χ2v) is 4.70. The van der Waals surface area contributed by atoms with Crippen molar-refractivity contribution in [3.63, 3.8) is 0 Å². The molecule has 0 saturated heterocycles. The summed E-state index contributed by atoms with van der Waals surface area (Å²) >= 11 is 2.98. The van der Waals surface area contributed by atoms with Gasteiger partial charge in [0, 0.05) is 6.07 Å². The van der Waals surface area contributed by atoms with Crippen molar-refractivity contribution in [3.8, 4) is 11.5 Å². The van der Waals surface area contributed by atoms with E-state index in [0.29, 0.717) is 18.3 Å². The van der Waals surface area contributed by atoms with Gasteiger partial charge in [-0.25, -0.2) is 0 Å². The molecule has 1 rings (SSSR count). The highest BCUT2D eigenvalue weighted by atomic mass is 79.9. The molecule has 0 spiro atoms. The van der Waals surface area contributed by atoms with Crippen LogP contribution in [0.2, 0.25) is 0 Å². The zero-order valence-electron chi connectivity index (χ0n) is 9.34. The lowest BCUT2D eigenvalue weighted by Gasteiger charge is -2.13. The number of alkyl halides is 3. The van der Waals surface area contributed by atoms with Crippen molar-refractivity contribution in [2.45, 2.75) is 20.2 Å². The summed E-state index contributed by atoms with van der Waals surface area (Å²) < 4.78 is 45.6. The molecule has 0 saturated carbocycles. The van der Waals surface area contributed by atoms with Crippen molar-refractivity contribution in [3.05, 3.63) is 22.7 Å². The SMILES string of the molecule is CC(C)COc1ccc(Br)c(OC(F)(F)F)c1. The first-order valence-electron chi connectivity index (χ1n) is 4.96. The first kappa shape index (κ1) is 14.2. The molecule has 0 aliphatic heterocycles. The van der Waals surface area contributed by atoms with Crippen LogP contribution in [0.4, 0.5) is 13.2 Å². The summed E-state index contributed by atoms with van der Waals surface area (Å²) in [5.41, 5.74) is 0. The standard InChI is InChI=1S/C11H12BrF3O2/c1-7(2)6-16-8-3-4-9(12)10(5-8)17-11(13,14)15/h3-5,7H,6H2,1-2H3. The Morgan fingerprint density at radius 2 is 1.94 bits per heavy atom. The van der Waals surface area contributed by atoms with Gasteiger partial charge < -0.3 is 9.47 Å². The minimum Gasteiger partial charge on any atom is -0.493 e. The molecular formula is C11H12BrF3O2. The molecule has 0 heterocycles. The van der Waals surface area contributed by atoms with Gasteiger partial charge in [0.1, 0.15) is 11.5 Å². The molecule has 6 heteroatoms. The first-order valence-corrected chi connectivity index (χ1v) is 5.75. The Labute approximate surface area is 106 Å². The van der Waals surface area contributed by atoms with Crippen molar-refractivity contribution in [1.82, 2.24) is 0 Å². The third kappa shape index (κ3) is 5.30. The molecule has 1 aromatic carbocycles. The van der Waals surface area contributed by atoms with Crippen LogP contribution in [0.3, 0.4) is 0 Å². The fourth-order valence-corrected chi connectivity index (χ4v) is 1.37. The maximum absolute atomic E-state index is 12.1. The van der Waals surface area contributed by atoms with E-state index >= 15 is 0 Å². The van der Waals surface area contributed by atoms with Crippen LogP contribution in [-0.4, -0.2) is 13.0 Å². The van der Waals surface area contributed by atoms with Gasteiger partial charge in [0.2, 0.25) is 0 Å². The van der Waals surface area contributed by atoms with Crippen LogP contribution in [-0.2, 0) is 0 Å².